The van der Waals surface area contributed by atoms with Crippen LogP contribution in [0.3, 0.4) is 0 Å². The Kier molecular flexibility index (Phi) is 15.0. The maximum atomic E-state index is 13.4. The van der Waals surface area contributed by atoms with Crippen molar-refractivity contribution in [3.8, 4) is 0 Å². The van der Waals surface area contributed by atoms with E-state index >= 15 is 0 Å². The highest BCUT2D eigenvalue weighted by molar-refractivity contribution is 8.01. The van der Waals surface area contributed by atoms with Gasteiger partial charge in [0.1, 0.15) is 12.1 Å². The van der Waals surface area contributed by atoms with E-state index in [1.165, 1.54) is 0 Å². The van der Waals surface area contributed by atoms with Crippen LogP contribution >= 0.6 is 11.8 Å². The monoisotopic (exact) mass is 597 g/mol. The number of nitrogens with one attached hydrogen (secondary N) is 3. The fourth-order valence-electron chi connectivity index (χ4n) is 4.72. The molecule has 2 aliphatic rings. The molecule has 0 spiro atoms. The van der Waals surface area contributed by atoms with Crippen LogP contribution in [0, 0.1) is 5.92 Å². The summed E-state index contributed by atoms with van der Waals surface area (Å²) in [5.41, 5.74) is 8.91. The third-order valence-corrected chi connectivity index (χ3v) is 7.78. The van der Waals surface area contributed by atoms with Gasteiger partial charge in [-0.05, 0) is 70.0 Å². The van der Waals surface area contributed by atoms with Gasteiger partial charge in [0.15, 0.2) is 0 Å². The molecule has 39 heavy (non-hydrogen) atoms. The van der Waals surface area contributed by atoms with Gasteiger partial charge < -0.3 is 21.1 Å². The van der Waals surface area contributed by atoms with Crippen LogP contribution in [0.4, 0.5) is 4.79 Å². The molecule has 0 aromatic rings. The summed E-state index contributed by atoms with van der Waals surface area (Å²) >= 11 is 1.61. The summed E-state index contributed by atoms with van der Waals surface area (Å²) in [5.74, 6) is 0.0627. The molecule has 2 fully saturated rings. The standard InChI is InChI=1S/C24H45N5O4S.H2O4S/c1-6-14-33-23(32)27-20(24(4,5)34-16(2)3)22(31)28-29-13-7-8-19(29)21(30)26-15-17-9-11-18(25)12-10-17;1-5(2,3)4/h16-20H,6-15,25H2,1-5H3,(H,26,30)(H,27,32)(H,28,31);(H2,1,2,3,4)/t17?,18?,19-,20-;/m0./s1. The number of rotatable bonds is 11. The van der Waals surface area contributed by atoms with Gasteiger partial charge in [-0.15, -0.1) is 0 Å². The van der Waals surface area contributed by atoms with Crippen LogP contribution in [0.2, 0.25) is 0 Å². The Hall–Kier alpha value is -1.65. The van der Waals surface area contributed by atoms with Crippen molar-refractivity contribution >= 4 is 40.1 Å². The zero-order valence-corrected chi connectivity index (χ0v) is 25.3. The number of carbonyl (C=O) groups is 3. The van der Waals surface area contributed by atoms with E-state index in [9.17, 15) is 14.4 Å². The van der Waals surface area contributed by atoms with Crippen molar-refractivity contribution in [2.24, 2.45) is 11.7 Å². The Bertz CT molecular complexity index is 887. The molecule has 0 unspecified atom stereocenters. The lowest BCUT2D eigenvalue weighted by Gasteiger charge is -2.36. The summed E-state index contributed by atoms with van der Waals surface area (Å²) in [6.45, 7) is 11.4. The first-order valence-corrected chi connectivity index (χ1v) is 15.7. The molecule has 0 aromatic heterocycles. The van der Waals surface area contributed by atoms with Crippen LogP contribution in [0.1, 0.15) is 79.6 Å². The first-order valence-electron chi connectivity index (χ1n) is 13.4. The second kappa shape index (κ2) is 16.6. The highest BCUT2D eigenvalue weighted by Crippen LogP contribution is 2.32. The maximum Gasteiger partial charge on any atom is 0.407 e. The first kappa shape index (κ1) is 35.4. The Morgan fingerprint density at radius 1 is 1.13 bits per heavy atom. The van der Waals surface area contributed by atoms with Gasteiger partial charge >= 0.3 is 16.5 Å². The molecule has 3 amide bonds. The summed E-state index contributed by atoms with van der Waals surface area (Å²) in [4.78, 5) is 38.6. The first-order chi connectivity index (χ1) is 18.0. The molecule has 1 aliphatic carbocycles. The molecule has 228 valence electrons. The minimum Gasteiger partial charge on any atom is -0.450 e. The SMILES string of the molecule is CCCOC(=O)N[C@@H](C(=O)NN1CCC[C@H]1C(=O)NCC1CCC(N)CC1)C(C)(C)SC(C)C.O=S(=O)(O)O. The molecular weight excluding hydrogens is 550 g/mol. The lowest BCUT2D eigenvalue weighted by Crippen LogP contribution is -2.61. The third-order valence-electron chi connectivity index (χ3n) is 6.46. The molecule has 0 bridgehead atoms. The van der Waals surface area contributed by atoms with Crippen molar-refractivity contribution in [2.75, 3.05) is 19.7 Å². The molecule has 1 saturated heterocycles. The van der Waals surface area contributed by atoms with Crippen molar-refractivity contribution in [1.29, 1.82) is 0 Å². The number of alkyl carbamates (subject to hydrolysis) is 1. The average Bonchev–Trinajstić information content (AvgIpc) is 3.26. The maximum absolute atomic E-state index is 13.4. The Labute approximate surface area is 236 Å². The largest absolute Gasteiger partial charge is 0.450 e. The van der Waals surface area contributed by atoms with Crippen molar-refractivity contribution in [3.63, 3.8) is 0 Å². The molecule has 2 rings (SSSR count). The van der Waals surface area contributed by atoms with Crippen LogP contribution < -0.4 is 21.8 Å². The summed E-state index contributed by atoms with van der Waals surface area (Å²) in [6.07, 6.45) is 5.68. The summed E-state index contributed by atoms with van der Waals surface area (Å²) in [5, 5.41) is 7.82. The normalized spacial score (nSPS) is 22.8. The highest BCUT2D eigenvalue weighted by atomic mass is 32.3. The van der Waals surface area contributed by atoms with Gasteiger partial charge in [0, 0.05) is 23.9 Å². The zero-order chi connectivity index (χ0) is 29.8. The lowest BCUT2D eigenvalue weighted by atomic mass is 9.86. The number of hydrogen-bond acceptors (Lipinski definition) is 9. The molecule has 7 N–H and O–H groups in total. The Morgan fingerprint density at radius 3 is 2.26 bits per heavy atom. The van der Waals surface area contributed by atoms with E-state index in [0.717, 1.165) is 32.1 Å². The lowest BCUT2D eigenvalue weighted by molar-refractivity contribution is -0.133. The third kappa shape index (κ3) is 14.5. The van der Waals surface area contributed by atoms with Crippen LogP contribution in [-0.2, 0) is 24.7 Å². The van der Waals surface area contributed by atoms with E-state index in [-0.39, 0.29) is 23.1 Å². The van der Waals surface area contributed by atoms with Crippen molar-refractivity contribution in [3.05, 3.63) is 0 Å². The second-order valence-electron chi connectivity index (χ2n) is 10.8. The number of hydrazine groups is 1. The van der Waals surface area contributed by atoms with Crippen molar-refractivity contribution < 1.29 is 36.6 Å². The van der Waals surface area contributed by atoms with Gasteiger partial charge in [-0.25, -0.2) is 9.80 Å². The van der Waals surface area contributed by atoms with E-state index in [4.69, 9.17) is 28.0 Å². The van der Waals surface area contributed by atoms with E-state index < -0.39 is 33.3 Å². The highest BCUT2D eigenvalue weighted by Gasteiger charge is 2.41. The van der Waals surface area contributed by atoms with Crippen LogP contribution in [0.25, 0.3) is 0 Å². The molecule has 13 nitrogen and oxygen atoms in total. The predicted molar refractivity (Wildman–Crippen MR) is 150 cm³/mol. The topological polar surface area (TPSA) is 200 Å². The second-order valence-corrected chi connectivity index (χ2v) is 13.9. The van der Waals surface area contributed by atoms with E-state index in [0.29, 0.717) is 38.5 Å². The average molecular weight is 598 g/mol. The number of thioether (sulfide) groups is 1. The van der Waals surface area contributed by atoms with Gasteiger partial charge in [0.05, 0.1) is 6.61 Å². The molecule has 1 aliphatic heterocycles. The predicted octanol–water partition coefficient (Wildman–Crippen LogP) is 1.89. The number of carbonyl (C=O) groups excluding carboxylic acids is 3. The summed E-state index contributed by atoms with van der Waals surface area (Å²) < 4.78 is 36.2. The Morgan fingerprint density at radius 2 is 1.72 bits per heavy atom. The van der Waals surface area contributed by atoms with E-state index in [1.54, 1.807) is 16.8 Å². The molecule has 2 atom stereocenters. The van der Waals surface area contributed by atoms with E-state index in [1.807, 2.05) is 20.8 Å². The van der Waals surface area contributed by atoms with Crippen molar-refractivity contribution in [2.45, 2.75) is 108 Å². The molecular formula is C24H47N5O8S2. The minimum atomic E-state index is -4.67. The smallest absolute Gasteiger partial charge is 0.407 e. The number of nitrogens with zero attached hydrogens (tertiary/aromatic N) is 1. The number of amides is 3. The minimum absolute atomic E-state index is 0.0599. The summed E-state index contributed by atoms with van der Waals surface area (Å²) in [7, 11) is -4.67. The van der Waals surface area contributed by atoms with Gasteiger partial charge in [-0.2, -0.15) is 20.2 Å². The fourth-order valence-corrected chi connectivity index (χ4v) is 6.24. The van der Waals surface area contributed by atoms with Gasteiger partial charge in [0.25, 0.3) is 5.91 Å². The number of hydrogen-bond donors (Lipinski definition) is 6. The molecule has 15 heteroatoms. The van der Waals surface area contributed by atoms with Crippen LogP contribution in [0.15, 0.2) is 0 Å². The molecule has 1 heterocycles. The number of nitrogens with two attached hydrogens (primary N) is 1. The van der Waals surface area contributed by atoms with E-state index in [2.05, 4.69) is 29.9 Å². The zero-order valence-electron chi connectivity index (χ0n) is 23.6. The molecule has 0 aromatic carbocycles. The molecule has 0 radical (unpaired) electrons. The van der Waals surface area contributed by atoms with Crippen molar-refractivity contribution in [1.82, 2.24) is 21.1 Å². The quantitative estimate of drug-likeness (QED) is 0.190. The fraction of sp³-hybridized carbons (Fsp3) is 0.875. The van der Waals surface area contributed by atoms with Crippen LogP contribution in [0.5, 0.6) is 0 Å². The van der Waals surface area contributed by atoms with Gasteiger partial charge in [-0.1, -0.05) is 20.8 Å². The Balaban J connectivity index is 0.00000139. The number of ether oxygens (including phenoxy) is 1. The van der Waals surface area contributed by atoms with Crippen LogP contribution in [-0.4, -0.2) is 88.3 Å². The van der Waals surface area contributed by atoms with Gasteiger partial charge in [-0.3, -0.25) is 24.1 Å². The van der Waals surface area contributed by atoms with Gasteiger partial charge in [0.2, 0.25) is 5.91 Å². The molecule has 1 saturated carbocycles. The summed E-state index contributed by atoms with van der Waals surface area (Å²) in [6, 6.07) is -0.949.